The number of carbonyl (C=O) groups is 2. The summed E-state index contributed by atoms with van der Waals surface area (Å²) in [6.45, 7) is 3.41. The second kappa shape index (κ2) is 8.10. The fourth-order valence-corrected chi connectivity index (χ4v) is 2.16. The number of ether oxygens (including phenoxy) is 1. The number of aliphatic carboxylic acids is 1. The van der Waals surface area contributed by atoms with E-state index < -0.39 is 5.97 Å². The standard InChI is InChI=1S/C18H20N2O4/c1-12-3-4-14(10-19-12)9-17(21)20-13(2)15-5-7-16(8-6-15)24-11-18(22)23/h3-8,10,13H,9,11H2,1-2H3,(H,20,21)(H,22,23). The minimum absolute atomic E-state index is 0.0839. The number of hydrogen-bond donors (Lipinski definition) is 2. The predicted molar refractivity (Wildman–Crippen MR) is 88.8 cm³/mol. The molecule has 0 aliphatic rings. The summed E-state index contributed by atoms with van der Waals surface area (Å²) >= 11 is 0. The highest BCUT2D eigenvalue weighted by atomic mass is 16.5. The molecule has 0 aliphatic heterocycles. The van der Waals surface area contributed by atoms with Gasteiger partial charge in [0.15, 0.2) is 6.61 Å². The zero-order valence-electron chi connectivity index (χ0n) is 13.7. The topological polar surface area (TPSA) is 88.5 Å². The van der Waals surface area contributed by atoms with Crippen molar-refractivity contribution >= 4 is 11.9 Å². The van der Waals surface area contributed by atoms with Crippen LogP contribution >= 0.6 is 0 Å². The fourth-order valence-electron chi connectivity index (χ4n) is 2.16. The van der Waals surface area contributed by atoms with Gasteiger partial charge >= 0.3 is 5.97 Å². The van der Waals surface area contributed by atoms with Gasteiger partial charge in [-0.1, -0.05) is 18.2 Å². The van der Waals surface area contributed by atoms with Gasteiger partial charge in [0.25, 0.3) is 0 Å². The number of benzene rings is 1. The predicted octanol–water partition coefficient (Wildman–Crippen LogP) is 2.27. The van der Waals surface area contributed by atoms with Gasteiger partial charge in [-0.15, -0.1) is 0 Å². The number of nitrogens with one attached hydrogen (secondary N) is 1. The minimum atomic E-state index is -1.02. The van der Waals surface area contributed by atoms with Crippen LogP contribution in [0.25, 0.3) is 0 Å². The van der Waals surface area contributed by atoms with Gasteiger partial charge in [0.05, 0.1) is 12.5 Å². The third-order valence-corrected chi connectivity index (χ3v) is 3.46. The quantitative estimate of drug-likeness (QED) is 0.814. The molecule has 0 saturated carbocycles. The first-order chi connectivity index (χ1) is 11.4. The fraction of sp³-hybridized carbons (Fsp3) is 0.278. The Labute approximate surface area is 140 Å². The maximum absolute atomic E-state index is 12.1. The monoisotopic (exact) mass is 328 g/mol. The summed E-state index contributed by atoms with van der Waals surface area (Å²) in [6, 6.07) is 10.6. The maximum Gasteiger partial charge on any atom is 0.341 e. The van der Waals surface area contributed by atoms with Gasteiger partial charge in [0.1, 0.15) is 5.75 Å². The highest BCUT2D eigenvalue weighted by Crippen LogP contribution is 2.17. The molecule has 0 saturated heterocycles. The van der Waals surface area contributed by atoms with Crippen molar-refractivity contribution in [3.05, 3.63) is 59.4 Å². The van der Waals surface area contributed by atoms with E-state index in [1.54, 1.807) is 30.5 Å². The van der Waals surface area contributed by atoms with Crippen LogP contribution in [0.1, 0.15) is 29.8 Å². The molecule has 0 spiro atoms. The Morgan fingerprint density at radius 2 is 1.92 bits per heavy atom. The van der Waals surface area contributed by atoms with Gasteiger partial charge in [-0.2, -0.15) is 0 Å². The number of carboxylic acids is 1. The van der Waals surface area contributed by atoms with Crippen LogP contribution in [-0.2, 0) is 16.0 Å². The van der Waals surface area contributed by atoms with Crippen molar-refractivity contribution in [3.8, 4) is 5.75 Å². The molecule has 1 unspecified atom stereocenters. The van der Waals surface area contributed by atoms with Crippen LogP contribution in [0.2, 0.25) is 0 Å². The van der Waals surface area contributed by atoms with Crippen molar-refractivity contribution < 1.29 is 19.4 Å². The molecule has 126 valence electrons. The van der Waals surface area contributed by atoms with Crippen molar-refractivity contribution in [2.45, 2.75) is 26.3 Å². The lowest BCUT2D eigenvalue weighted by atomic mass is 10.1. The van der Waals surface area contributed by atoms with Gasteiger partial charge in [0.2, 0.25) is 5.91 Å². The third-order valence-electron chi connectivity index (χ3n) is 3.46. The first kappa shape index (κ1) is 17.5. The highest BCUT2D eigenvalue weighted by Gasteiger charge is 2.11. The summed E-state index contributed by atoms with van der Waals surface area (Å²) in [5.74, 6) is -0.630. The Kier molecular flexibility index (Phi) is 5.89. The Hall–Kier alpha value is -2.89. The maximum atomic E-state index is 12.1. The van der Waals surface area contributed by atoms with Gasteiger partial charge in [0, 0.05) is 11.9 Å². The Morgan fingerprint density at radius 1 is 1.21 bits per heavy atom. The molecule has 6 heteroatoms. The minimum Gasteiger partial charge on any atom is -0.482 e. The number of hydrogen-bond acceptors (Lipinski definition) is 4. The number of aromatic nitrogens is 1. The van der Waals surface area contributed by atoms with Crippen molar-refractivity contribution in [1.82, 2.24) is 10.3 Å². The van der Waals surface area contributed by atoms with E-state index in [-0.39, 0.29) is 25.0 Å². The van der Waals surface area contributed by atoms with Crippen LogP contribution in [-0.4, -0.2) is 28.6 Å². The average Bonchev–Trinajstić information content (AvgIpc) is 2.55. The van der Waals surface area contributed by atoms with Crippen molar-refractivity contribution in [2.24, 2.45) is 0 Å². The summed E-state index contributed by atoms with van der Waals surface area (Å²) in [5, 5.41) is 11.5. The van der Waals surface area contributed by atoms with E-state index in [0.29, 0.717) is 5.75 Å². The molecule has 2 aromatic rings. The molecule has 0 bridgehead atoms. The zero-order chi connectivity index (χ0) is 17.5. The van der Waals surface area contributed by atoms with Gasteiger partial charge < -0.3 is 15.2 Å². The summed E-state index contributed by atoms with van der Waals surface area (Å²) < 4.78 is 5.08. The van der Waals surface area contributed by atoms with Crippen molar-refractivity contribution in [2.75, 3.05) is 6.61 Å². The van der Waals surface area contributed by atoms with E-state index in [9.17, 15) is 9.59 Å². The molecule has 2 N–H and O–H groups in total. The summed E-state index contributed by atoms with van der Waals surface area (Å²) in [6.07, 6.45) is 1.98. The lowest BCUT2D eigenvalue weighted by Crippen LogP contribution is -2.28. The molecule has 0 radical (unpaired) electrons. The van der Waals surface area contributed by atoms with E-state index >= 15 is 0 Å². The van der Waals surface area contributed by atoms with Gasteiger partial charge in [-0.3, -0.25) is 9.78 Å². The third kappa shape index (κ3) is 5.39. The van der Waals surface area contributed by atoms with E-state index in [2.05, 4.69) is 10.3 Å². The molecule has 1 aromatic carbocycles. The van der Waals surface area contributed by atoms with Crippen LogP contribution < -0.4 is 10.1 Å². The first-order valence-electron chi connectivity index (χ1n) is 7.59. The molecular formula is C18H20N2O4. The van der Waals surface area contributed by atoms with Gasteiger partial charge in [-0.25, -0.2) is 4.79 Å². The molecule has 0 fully saturated rings. The second-order valence-electron chi connectivity index (χ2n) is 5.53. The Bertz CT molecular complexity index is 696. The number of aryl methyl sites for hydroxylation is 1. The van der Waals surface area contributed by atoms with E-state index in [1.165, 1.54) is 0 Å². The van der Waals surface area contributed by atoms with Crippen LogP contribution in [0.3, 0.4) is 0 Å². The first-order valence-corrected chi connectivity index (χ1v) is 7.59. The molecule has 6 nitrogen and oxygen atoms in total. The number of amides is 1. The second-order valence-corrected chi connectivity index (χ2v) is 5.53. The number of nitrogens with zero attached hydrogens (tertiary/aromatic N) is 1. The lowest BCUT2D eigenvalue weighted by Gasteiger charge is -2.15. The normalized spacial score (nSPS) is 11.6. The van der Waals surface area contributed by atoms with Crippen LogP contribution in [0.4, 0.5) is 0 Å². The zero-order valence-corrected chi connectivity index (χ0v) is 13.7. The molecule has 1 heterocycles. The molecular weight excluding hydrogens is 308 g/mol. The van der Waals surface area contributed by atoms with E-state index in [1.807, 2.05) is 26.0 Å². The lowest BCUT2D eigenvalue weighted by molar-refractivity contribution is -0.139. The van der Waals surface area contributed by atoms with Crippen LogP contribution in [0, 0.1) is 6.92 Å². The molecule has 1 aromatic heterocycles. The van der Waals surface area contributed by atoms with Crippen LogP contribution in [0.5, 0.6) is 5.75 Å². The summed E-state index contributed by atoms with van der Waals surface area (Å²) in [4.78, 5) is 26.7. The number of carboxylic acid groups (broad SMARTS) is 1. The largest absolute Gasteiger partial charge is 0.482 e. The molecule has 0 aliphatic carbocycles. The van der Waals surface area contributed by atoms with Crippen molar-refractivity contribution in [3.63, 3.8) is 0 Å². The molecule has 1 amide bonds. The van der Waals surface area contributed by atoms with E-state index in [0.717, 1.165) is 16.8 Å². The molecule has 2 rings (SSSR count). The average molecular weight is 328 g/mol. The van der Waals surface area contributed by atoms with Crippen molar-refractivity contribution in [1.29, 1.82) is 0 Å². The number of rotatable bonds is 7. The Balaban J connectivity index is 1.88. The Morgan fingerprint density at radius 3 is 2.50 bits per heavy atom. The molecule has 24 heavy (non-hydrogen) atoms. The number of pyridine rings is 1. The number of carbonyl (C=O) groups excluding carboxylic acids is 1. The SMILES string of the molecule is Cc1ccc(CC(=O)NC(C)c2ccc(OCC(=O)O)cc2)cn1. The van der Waals surface area contributed by atoms with Gasteiger partial charge in [-0.05, 0) is 43.2 Å². The smallest absolute Gasteiger partial charge is 0.341 e. The highest BCUT2D eigenvalue weighted by molar-refractivity contribution is 5.78. The van der Waals surface area contributed by atoms with Crippen LogP contribution in [0.15, 0.2) is 42.6 Å². The molecule has 1 atom stereocenters. The summed E-state index contributed by atoms with van der Waals surface area (Å²) in [7, 11) is 0. The summed E-state index contributed by atoms with van der Waals surface area (Å²) in [5.41, 5.74) is 2.69. The van der Waals surface area contributed by atoms with E-state index in [4.69, 9.17) is 9.84 Å².